The summed E-state index contributed by atoms with van der Waals surface area (Å²) >= 11 is 0. The number of ether oxygens (including phenoxy) is 1. The first-order chi connectivity index (χ1) is 8.30. The predicted octanol–water partition coefficient (Wildman–Crippen LogP) is 2.56. The molecule has 0 aromatic carbocycles. The van der Waals surface area contributed by atoms with E-state index in [1.54, 1.807) is 0 Å². The smallest absolute Gasteiger partial charge is 0.326 e. The van der Waals surface area contributed by atoms with Gasteiger partial charge in [0.2, 0.25) is 0 Å². The number of hydrogen-bond donors (Lipinski definition) is 2. The molecule has 2 unspecified atom stereocenters. The Bertz CT molecular complexity index is 286. The maximum absolute atomic E-state index is 11.5. The van der Waals surface area contributed by atoms with Gasteiger partial charge in [-0.3, -0.25) is 9.36 Å². The van der Waals surface area contributed by atoms with Gasteiger partial charge in [0, 0.05) is 0 Å². The van der Waals surface area contributed by atoms with Gasteiger partial charge in [0.25, 0.3) is 0 Å². The molecule has 0 amide bonds. The number of unbranched alkanes of at least 4 members (excludes halogenated alkanes) is 1. The average molecular weight is 280 g/mol. The molecule has 0 rings (SSSR count). The summed E-state index contributed by atoms with van der Waals surface area (Å²) in [7, 11) is -4.15. The van der Waals surface area contributed by atoms with Crippen molar-refractivity contribution in [2.45, 2.75) is 46.5 Å². The molecular formula is C12H25O5P. The van der Waals surface area contributed by atoms with E-state index in [-0.39, 0.29) is 0 Å². The number of rotatable bonds is 9. The molecule has 108 valence electrons. The maximum atomic E-state index is 11.5. The Morgan fingerprint density at radius 3 is 2.39 bits per heavy atom. The van der Waals surface area contributed by atoms with Crippen LogP contribution in [-0.2, 0) is 14.1 Å². The molecule has 0 bridgehead atoms. The lowest BCUT2D eigenvalue weighted by Gasteiger charge is -2.17. The second-order valence-corrected chi connectivity index (χ2v) is 6.49. The molecule has 0 aliphatic carbocycles. The van der Waals surface area contributed by atoms with Gasteiger partial charge in [0.1, 0.15) is 0 Å². The zero-order valence-electron chi connectivity index (χ0n) is 11.5. The molecule has 0 saturated carbocycles. The average Bonchev–Trinajstić information content (AvgIpc) is 2.26. The number of carbonyl (C=O) groups is 1. The Hall–Kier alpha value is -0.380. The van der Waals surface area contributed by atoms with Gasteiger partial charge < -0.3 is 14.5 Å². The topological polar surface area (TPSA) is 83.8 Å². The summed E-state index contributed by atoms with van der Waals surface area (Å²) in [5.41, 5.74) is 0. The standard InChI is InChI=1S/C12H25O5P/c1-4-6-7-11(5-2)8-17-12(13)10(3)9-18(14,15)16/h10-11H,4-9H2,1-3H3,(H2,14,15,16). The van der Waals surface area contributed by atoms with E-state index in [0.717, 1.165) is 25.7 Å². The summed E-state index contributed by atoms with van der Waals surface area (Å²) in [4.78, 5) is 29.1. The molecule has 2 atom stereocenters. The van der Waals surface area contributed by atoms with Gasteiger partial charge in [-0.2, -0.15) is 0 Å². The van der Waals surface area contributed by atoms with Gasteiger partial charge in [-0.15, -0.1) is 0 Å². The third kappa shape index (κ3) is 8.67. The summed E-state index contributed by atoms with van der Waals surface area (Å²) in [6.45, 7) is 5.99. The van der Waals surface area contributed by atoms with Crippen LogP contribution in [0.1, 0.15) is 46.5 Å². The Morgan fingerprint density at radius 1 is 1.33 bits per heavy atom. The lowest BCUT2D eigenvalue weighted by Crippen LogP contribution is -2.21. The highest BCUT2D eigenvalue weighted by Gasteiger charge is 2.25. The van der Waals surface area contributed by atoms with Crippen LogP contribution in [0.2, 0.25) is 0 Å². The molecular weight excluding hydrogens is 255 g/mol. The summed E-state index contributed by atoms with van der Waals surface area (Å²) in [6, 6.07) is 0. The molecule has 0 aliphatic rings. The molecule has 0 saturated heterocycles. The van der Waals surface area contributed by atoms with Crippen molar-refractivity contribution < 1.29 is 23.9 Å². The van der Waals surface area contributed by atoms with Crippen molar-refractivity contribution in [3.8, 4) is 0 Å². The van der Waals surface area contributed by atoms with Crippen LogP contribution in [0.3, 0.4) is 0 Å². The first-order valence-electron chi connectivity index (χ1n) is 6.51. The Labute approximate surface area is 109 Å². The van der Waals surface area contributed by atoms with Crippen molar-refractivity contribution in [1.82, 2.24) is 0 Å². The number of esters is 1. The lowest BCUT2D eigenvalue weighted by molar-refractivity contribution is -0.148. The van der Waals surface area contributed by atoms with Crippen LogP contribution >= 0.6 is 7.60 Å². The second kappa shape index (κ2) is 8.68. The Kier molecular flexibility index (Phi) is 8.49. The second-order valence-electron chi connectivity index (χ2n) is 4.79. The SMILES string of the molecule is CCCCC(CC)COC(=O)C(C)CP(=O)(O)O. The molecule has 2 N–H and O–H groups in total. The summed E-state index contributed by atoms with van der Waals surface area (Å²) in [5, 5.41) is 0. The predicted molar refractivity (Wildman–Crippen MR) is 70.3 cm³/mol. The molecule has 0 heterocycles. The van der Waals surface area contributed by atoms with E-state index in [2.05, 4.69) is 6.92 Å². The highest BCUT2D eigenvalue weighted by Crippen LogP contribution is 2.37. The molecule has 0 fully saturated rings. The summed E-state index contributed by atoms with van der Waals surface area (Å²) in [5.74, 6) is -0.932. The molecule has 0 aromatic heterocycles. The largest absolute Gasteiger partial charge is 0.465 e. The monoisotopic (exact) mass is 280 g/mol. The maximum Gasteiger partial charge on any atom is 0.326 e. The van der Waals surface area contributed by atoms with Crippen molar-refractivity contribution in [1.29, 1.82) is 0 Å². The minimum absolute atomic E-state index is 0.344. The van der Waals surface area contributed by atoms with E-state index in [1.165, 1.54) is 6.92 Å². The van der Waals surface area contributed by atoms with Gasteiger partial charge in [0.15, 0.2) is 0 Å². The molecule has 0 aliphatic heterocycles. The fourth-order valence-electron chi connectivity index (χ4n) is 1.67. The minimum atomic E-state index is -4.15. The van der Waals surface area contributed by atoms with E-state index in [9.17, 15) is 9.36 Å². The first kappa shape index (κ1) is 17.6. The lowest BCUT2D eigenvalue weighted by atomic mass is 10.0. The minimum Gasteiger partial charge on any atom is -0.465 e. The summed E-state index contributed by atoms with van der Waals surface area (Å²) in [6.07, 6.45) is 3.73. The van der Waals surface area contributed by atoms with Crippen LogP contribution in [0, 0.1) is 11.8 Å². The van der Waals surface area contributed by atoms with E-state index < -0.39 is 25.6 Å². The summed E-state index contributed by atoms with van der Waals surface area (Å²) < 4.78 is 15.9. The first-order valence-corrected chi connectivity index (χ1v) is 8.31. The van der Waals surface area contributed by atoms with Crippen molar-refractivity contribution >= 4 is 13.6 Å². The fraction of sp³-hybridized carbons (Fsp3) is 0.917. The van der Waals surface area contributed by atoms with Gasteiger partial charge in [-0.25, -0.2) is 0 Å². The van der Waals surface area contributed by atoms with E-state index in [1.807, 2.05) is 6.92 Å². The third-order valence-electron chi connectivity index (χ3n) is 2.92. The zero-order chi connectivity index (χ0) is 14.2. The highest BCUT2D eigenvalue weighted by atomic mass is 31.2. The van der Waals surface area contributed by atoms with Crippen LogP contribution in [0.4, 0.5) is 0 Å². The zero-order valence-corrected chi connectivity index (χ0v) is 12.4. The molecule has 6 heteroatoms. The molecule has 0 spiro atoms. The van der Waals surface area contributed by atoms with Crippen molar-refractivity contribution in [3.05, 3.63) is 0 Å². The van der Waals surface area contributed by atoms with E-state index in [0.29, 0.717) is 12.5 Å². The normalized spacial score (nSPS) is 15.2. The molecule has 5 nitrogen and oxygen atoms in total. The van der Waals surface area contributed by atoms with Crippen LogP contribution in [0.5, 0.6) is 0 Å². The third-order valence-corrected chi connectivity index (χ3v) is 3.94. The van der Waals surface area contributed by atoms with Crippen molar-refractivity contribution in [2.75, 3.05) is 12.8 Å². The molecule has 0 aromatic rings. The van der Waals surface area contributed by atoms with Gasteiger partial charge in [0.05, 0.1) is 18.7 Å². The molecule has 18 heavy (non-hydrogen) atoms. The quantitative estimate of drug-likeness (QED) is 0.501. The Balaban J connectivity index is 4.03. The van der Waals surface area contributed by atoms with Crippen LogP contribution in [-0.4, -0.2) is 28.5 Å². The molecule has 0 radical (unpaired) electrons. The van der Waals surface area contributed by atoms with Crippen molar-refractivity contribution in [3.63, 3.8) is 0 Å². The van der Waals surface area contributed by atoms with Crippen LogP contribution in [0.25, 0.3) is 0 Å². The van der Waals surface area contributed by atoms with E-state index in [4.69, 9.17) is 14.5 Å². The number of carbonyl (C=O) groups excluding carboxylic acids is 1. The van der Waals surface area contributed by atoms with Gasteiger partial charge in [-0.05, 0) is 12.3 Å². The Morgan fingerprint density at radius 2 is 1.94 bits per heavy atom. The van der Waals surface area contributed by atoms with Crippen LogP contribution < -0.4 is 0 Å². The fourth-order valence-corrected chi connectivity index (χ4v) is 2.53. The number of hydrogen-bond acceptors (Lipinski definition) is 3. The van der Waals surface area contributed by atoms with E-state index >= 15 is 0 Å². The highest BCUT2D eigenvalue weighted by molar-refractivity contribution is 7.51. The van der Waals surface area contributed by atoms with Crippen molar-refractivity contribution in [2.24, 2.45) is 11.8 Å². The van der Waals surface area contributed by atoms with Gasteiger partial charge >= 0.3 is 13.6 Å². The van der Waals surface area contributed by atoms with Crippen LogP contribution in [0.15, 0.2) is 0 Å². The van der Waals surface area contributed by atoms with Gasteiger partial charge in [-0.1, -0.05) is 40.0 Å².